The van der Waals surface area contributed by atoms with Gasteiger partial charge in [0, 0.05) is 12.0 Å². The zero-order chi connectivity index (χ0) is 23.1. The minimum Gasteiger partial charge on any atom is -0.475 e. The molecule has 1 atom stereocenters. The Hall–Kier alpha value is -0.763. The molecular weight excluding hydrogens is 422 g/mol. The molecule has 0 saturated heterocycles. The monoisotopic (exact) mass is 468 g/mol. The van der Waals surface area contributed by atoms with E-state index >= 15 is 0 Å². The number of likely N-dealkylation sites (N-methyl/N-ethyl adjacent to an activating group) is 1. The van der Waals surface area contributed by atoms with E-state index in [-0.39, 0.29) is 0 Å². The van der Waals surface area contributed by atoms with E-state index in [1.54, 1.807) is 0 Å². The van der Waals surface area contributed by atoms with Crippen LogP contribution in [0.5, 0.6) is 5.88 Å². The van der Waals surface area contributed by atoms with Crippen LogP contribution in [-0.4, -0.2) is 55.0 Å². The molecular formula is C24H46N3O2SSi+. The molecule has 0 fully saturated rings. The predicted octanol–water partition coefficient (Wildman–Crippen LogP) is 6.88. The van der Waals surface area contributed by atoms with Gasteiger partial charge in [-0.3, -0.25) is 0 Å². The Balaban J connectivity index is 2.06. The Morgan fingerprint density at radius 2 is 1.71 bits per heavy atom. The summed E-state index contributed by atoms with van der Waals surface area (Å²) in [4.78, 5) is 0. The zero-order valence-corrected chi connectivity index (χ0v) is 23.1. The van der Waals surface area contributed by atoms with E-state index in [4.69, 9.17) is 9.16 Å². The van der Waals surface area contributed by atoms with E-state index in [0.717, 1.165) is 55.3 Å². The number of quaternary nitrogens is 1. The Labute approximate surface area is 196 Å². The minimum atomic E-state index is -1.87. The molecule has 0 N–H and O–H groups in total. The Kier molecular flexibility index (Phi) is 10.2. The smallest absolute Gasteiger partial charge is 0.253 e. The van der Waals surface area contributed by atoms with Crippen LogP contribution < -0.4 is 4.74 Å². The molecule has 178 valence electrons. The van der Waals surface area contributed by atoms with Crippen molar-refractivity contribution in [3.8, 4) is 5.88 Å². The highest BCUT2D eigenvalue weighted by molar-refractivity contribution is 6.99. The number of unbranched alkanes of at least 4 members (excludes halogenated alkanes) is 3. The Morgan fingerprint density at radius 1 is 1.03 bits per heavy atom. The van der Waals surface area contributed by atoms with Crippen molar-refractivity contribution >= 4 is 25.6 Å². The van der Waals surface area contributed by atoms with E-state index < -0.39 is 8.32 Å². The maximum absolute atomic E-state index is 6.97. The first-order valence-corrected chi connectivity index (χ1v) is 15.2. The topological polar surface area (TPSA) is 44.2 Å². The highest BCUT2D eigenvalue weighted by atomic mass is 32.1. The summed E-state index contributed by atoms with van der Waals surface area (Å²) in [5.41, 5.74) is 4.03. The van der Waals surface area contributed by atoms with Gasteiger partial charge in [0.1, 0.15) is 12.2 Å². The first kappa shape index (κ1) is 26.5. The van der Waals surface area contributed by atoms with E-state index in [1.165, 1.54) is 36.6 Å². The van der Waals surface area contributed by atoms with Crippen LogP contribution >= 0.6 is 11.7 Å². The lowest BCUT2D eigenvalue weighted by Gasteiger charge is -2.45. The van der Waals surface area contributed by atoms with Crippen molar-refractivity contribution in [1.29, 1.82) is 0 Å². The van der Waals surface area contributed by atoms with Crippen LogP contribution in [0, 0.1) is 0 Å². The molecule has 0 amide bonds. The van der Waals surface area contributed by atoms with Gasteiger partial charge in [-0.15, -0.1) is 4.37 Å². The van der Waals surface area contributed by atoms with Gasteiger partial charge in [-0.05, 0) is 23.0 Å². The zero-order valence-electron chi connectivity index (χ0n) is 21.2. The summed E-state index contributed by atoms with van der Waals surface area (Å²) in [7, 11) is 0.459. The lowest BCUT2D eigenvalue weighted by atomic mass is 10.1. The maximum Gasteiger partial charge on any atom is 0.253 e. The van der Waals surface area contributed by atoms with Gasteiger partial charge in [0.25, 0.3) is 5.88 Å². The summed E-state index contributed by atoms with van der Waals surface area (Å²) in [5.74, 6) is 0.720. The van der Waals surface area contributed by atoms with Gasteiger partial charge in [0.2, 0.25) is 8.32 Å². The van der Waals surface area contributed by atoms with Crippen LogP contribution in [-0.2, 0) is 4.43 Å². The number of nitrogens with zero attached hydrogens (tertiary/aromatic N) is 3. The summed E-state index contributed by atoms with van der Waals surface area (Å²) >= 11 is 1.26. The van der Waals surface area contributed by atoms with E-state index in [2.05, 4.69) is 70.3 Å². The van der Waals surface area contributed by atoms with E-state index in [9.17, 15) is 0 Å². The third-order valence-electron chi connectivity index (χ3n) is 6.94. The van der Waals surface area contributed by atoms with Crippen molar-refractivity contribution in [2.75, 3.05) is 33.5 Å². The highest BCUT2D eigenvalue weighted by Crippen LogP contribution is 2.43. The molecule has 0 spiro atoms. The van der Waals surface area contributed by atoms with Crippen LogP contribution in [0.4, 0.5) is 0 Å². The summed E-state index contributed by atoms with van der Waals surface area (Å²) in [6.45, 7) is 19.9. The molecule has 1 unspecified atom stereocenters. The number of hydrogen-bond donors (Lipinski definition) is 0. The number of rotatable bonds is 13. The maximum atomic E-state index is 6.97. The molecule has 31 heavy (non-hydrogen) atoms. The molecule has 5 nitrogen and oxygen atoms in total. The molecule has 0 saturated carbocycles. The van der Waals surface area contributed by atoms with Crippen molar-refractivity contribution in [3.05, 3.63) is 11.8 Å². The summed E-state index contributed by atoms with van der Waals surface area (Å²) in [6, 6.07) is 0. The molecule has 0 aliphatic carbocycles. The quantitative estimate of drug-likeness (QED) is 0.180. The van der Waals surface area contributed by atoms with Gasteiger partial charge in [-0.25, -0.2) is 0 Å². The van der Waals surface area contributed by atoms with Crippen LogP contribution in [0.1, 0.15) is 86.3 Å². The van der Waals surface area contributed by atoms with E-state index in [1.807, 2.05) is 0 Å². The summed E-state index contributed by atoms with van der Waals surface area (Å²) in [6.07, 6.45) is 8.17. The second-order valence-electron chi connectivity index (χ2n) is 10.4. The molecule has 1 aromatic heterocycles. The lowest BCUT2D eigenvalue weighted by Crippen LogP contribution is -2.56. The average Bonchev–Trinajstić information content (AvgIpc) is 3.16. The van der Waals surface area contributed by atoms with Gasteiger partial charge in [0.05, 0.1) is 31.9 Å². The summed E-state index contributed by atoms with van der Waals surface area (Å²) in [5, 5.41) is 0. The second-order valence-corrected chi connectivity index (χ2v) is 16.4. The molecule has 0 radical (unpaired) electrons. The largest absolute Gasteiger partial charge is 0.475 e. The van der Waals surface area contributed by atoms with Gasteiger partial charge < -0.3 is 13.6 Å². The van der Waals surface area contributed by atoms with Crippen molar-refractivity contribution < 1.29 is 13.6 Å². The first-order chi connectivity index (χ1) is 14.7. The molecule has 2 rings (SSSR count). The SMILES string of the molecule is CCCCCCOc1nsnc1C1=CCC[N+](C)(CO[Si](C(C)C)(C(C)C)C(C)C)C1. The van der Waals surface area contributed by atoms with Crippen LogP contribution in [0.25, 0.3) is 5.57 Å². The van der Waals surface area contributed by atoms with Gasteiger partial charge in [0.15, 0.2) is 6.73 Å². The van der Waals surface area contributed by atoms with E-state index in [0.29, 0.717) is 16.6 Å². The predicted molar refractivity (Wildman–Crippen MR) is 135 cm³/mol. The third-order valence-corrected chi connectivity index (χ3v) is 13.5. The van der Waals surface area contributed by atoms with Crippen LogP contribution in [0.15, 0.2) is 6.08 Å². The Morgan fingerprint density at radius 3 is 2.32 bits per heavy atom. The van der Waals surface area contributed by atoms with Gasteiger partial charge in [-0.1, -0.05) is 73.8 Å². The van der Waals surface area contributed by atoms with Crippen molar-refractivity contribution in [3.63, 3.8) is 0 Å². The molecule has 1 aliphatic heterocycles. The molecule has 0 aromatic carbocycles. The molecule has 2 heterocycles. The van der Waals surface area contributed by atoms with Crippen molar-refractivity contribution in [2.45, 2.75) is 97.2 Å². The molecule has 1 aliphatic rings. The highest BCUT2D eigenvalue weighted by Gasteiger charge is 2.47. The molecule has 1 aromatic rings. The first-order valence-electron chi connectivity index (χ1n) is 12.3. The minimum absolute atomic E-state index is 0.606. The van der Waals surface area contributed by atoms with Gasteiger partial charge >= 0.3 is 0 Å². The average molecular weight is 469 g/mol. The second kappa shape index (κ2) is 11.9. The van der Waals surface area contributed by atoms with Crippen LogP contribution in [0.3, 0.4) is 0 Å². The van der Waals surface area contributed by atoms with Crippen molar-refractivity contribution in [2.24, 2.45) is 0 Å². The van der Waals surface area contributed by atoms with Gasteiger partial charge in [-0.2, -0.15) is 4.37 Å². The summed E-state index contributed by atoms with van der Waals surface area (Å²) < 4.78 is 23.0. The molecule has 0 bridgehead atoms. The standard InChI is InChI=1S/C24H46N3O2SSi/c1-9-10-11-12-16-28-24-23(25-30-26-24)22-14-13-15-27(8,17-22)18-29-31(19(2)3,20(4)5)21(6)7/h14,19-21H,9-13,15-18H2,1-8H3/q+1. The fourth-order valence-electron chi connectivity index (χ4n) is 5.32. The third kappa shape index (κ3) is 6.62. The Bertz CT molecular complexity index is 683. The molecule has 7 heteroatoms. The fourth-order valence-corrected chi connectivity index (χ4v) is 11.4. The number of aromatic nitrogens is 2. The fraction of sp³-hybridized carbons (Fsp3) is 0.833. The van der Waals surface area contributed by atoms with Crippen LogP contribution in [0.2, 0.25) is 16.6 Å². The normalized spacial score (nSPS) is 20.0. The lowest BCUT2D eigenvalue weighted by molar-refractivity contribution is -0.919. The number of ether oxygens (including phenoxy) is 1. The van der Waals surface area contributed by atoms with Crippen molar-refractivity contribution in [1.82, 2.24) is 8.75 Å². The number of hydrogen-bond acceptors (Lipinski definition) is 5.